The second-order valence-electron chi connectivity index (χ2n) is 4.87. The van der Waals surface area contributed by atoms with Crippen LogP contribution < -0.4 is 0 Å². The van der Waals surface area contributed by atoms with Crippen LogP contribution in [0.25, 0.3) is 0 Å². The largest absolute Gasteiger partial charge is 0.481 e. The topological polar surface area (TPSA) is 37.3 Å². The molecule has 0 aromatic heterocycles. The zero-order chi connectivity index (χ0) is 12.8. The smallest absolute Gasteiger partial charge is 0.306 e. The average Bonchev–Trinajstić information content (AvgIpc) is 2.30. The van der Waals surface area contributed by atoms with Crippen LogP contribution in [0.15, 0.2) is 24.3 Å². The molecule has 2 heteroatoms. The van der Waals surface area contributed by atoms with Crippen molar-refractivity contribution in [3.63, 3.8) is 0 Å². The van der Waals surface area contributed by atoms with E-state index in [0.29, 0.717) is 12.3 Å². The Morgan fingerprint density at radius 2 is 1.82 bits per heavy atom. The molecule has 1 N–H and O–H groups in total. The van der Waals surface area contributed by atoms with Gasteiger partial charge in [0.25, 0.3) is 0 Å². The highest BCUT2D eigenvalue weighted by molar-refractivity contribution is 5.69. The first-order valence-corrected chi connectivity index (χ1v) is 6.36. The molecule has 0 spiro atoms. The van der Waals surface area contributed by atoms with Gasteiger partial charge in [-0.2, -0.15) is 0 Å². The molecule has 0 saturated carbocycles. The predicted octanol–water partition coefficient (Wildman–Crippen LogP) is 3.85. The third kappa shape index (κ3) is 4.22. The lowest BCUT2D eigenvalue weighted by Crippen LogP contribution is -2.12. The number of hydrogen-bond acceptors (Lipinski definition) is 1. The normalized spacial score (nSPS) is 14.3. The quantitative estimate of drug-likeness (QED) is 0.811. The van der Waals surface area contributed by atoms with Gasteiger partial charge in [-0.25, -0.2) is 0 Å². The summed E-state index contributed by atoms with van der Waals surface area (Å²) in [6, 6.07) is 8.37. The van der Waals surface area contributed by atoms with Gasteiger partial charge >= 0.3 is 5.97 Å². The molecule has 2 nitrogen and oxygen atoms in total. The van der Waals surface area contributed by atoms with E-state index in [1.54, 1.807) is 6.92 Å². The van der Waals surface area contributed by atoms with Crippen molar-refractivity contribution < 1.29 is 9.90 Å². The Labute approximate surface area is 104 Å². The molecule has 0 bridgehead atoms. The summed E-state index contributed by atoms with van der Waals surface area (Å²) in [5.41, 5.74) is 2.45. The lowest BCUT2D eigenvalue weighted by Gasteiger charge is -2.12. The third-order valence-corrected chi connectivity index (χ3v) is 3.23. The van der Waals surface area contributed by atoms with Crippen LogP contribution in [0.5, 0.6) is 0 Å². The molecule has 2 atom stereocenters. The molecule has 0 fully saturated rings. The van der Waals surface area contributed by atoms with Gasteiger partial charge in [-0.1, -0.05) is 51.5 Å². The van der Waals surface area contributed by atoms with Crippen LogP contribution in [-0.2, 0) is 11.2 Å². The summed E-state index contributed by atoms with van der Waals surface area (Å²) in [5.74, 6) is -0.451. The van der Waals surface area contributed by atoms with Crippen LogP contribution in [0.4, 0.5) is 0 Å². The molecule has 1 aromatic carbocycles. The molecule has 0 aliphatic rings. The zero-order valence-corrected chi connectivity index (χ0v) is 10.9. The zero-order valence-electron chi connectivity index (χ0n) is 10.9. The molecule has 1 rings (SSSR count). The van der Waals surface area contributed by atoms with E-state index in [0.717, 1.165) is 5.56 Å². The van der Waals surface area contributed by atoms with Crippen molar-refractivity contribution in [2.45, 2.75) is 46.0 Å². The Morgan fingerprint density at radius 1 is 1.24 bits per heavy atom. The highest BCUT2D eigenvalue weighted by Gasteiger charge is 2.11. The molecule has 0 aliphatic heterocycles. The lowest BCUT2D eigenvalue weighted by atomic mass is 9.94. The van der Waals surface area contributed by atoms with Crippen LogP contribution in [-0.4, -0.2) is 11.1 Å². The van der Waals surface area contributed by atoms with E-state index in [1.807, 2.05) is 0 Å². The summed E-state index contributed by atoms with van der Waals surface area (Å²) < 4.78 is 0. The molecule has 0 amide bonds. The standard InChI is InChI=1S/C15H22O2/c1-4-5-11(2)14-8-6-13(7-9-14)10-12(3)15(16)17/h6-9,11-12H,4-5,10H2,1-3H3,(H,16,17)/t11?,12-/m0/s1. The van der Waals surface area contributed by atoms with Crippen LogP contribution >= 0.6 is 0 Å². The summed E-state index contributed by atoms with van der Waals surface area (Å²) in [7, 11) is 0. The van der Waals surface area contributed by atoms with Gasteiger partial charge in [-0.05, 0) is 29.9 Å². The van der Waals surface area contributed by atoms with E-state index in [1.165, 1.54) is 18.4 Å². The van der Waals surface area contributed by atoms with Gasteiger partial charge in [-0.3, -0.25) is 4.79 Å². The van der Waals surface area contributed by atoms with Gasteiger partial charge < -0.3 is 5.11 Å². The highest BCUT2D eigenvalue weighted by atomic mass is 16.4. The molecule has 0 radical (unpaired) electrons. The minimum absolute atomic E-state index is 0.311. The van der Waals surface area contributed by atoms with Gasteiger partial charge in [0.2, 0.25) is 0 Å². The monoisotopic (exact) mass is 234 g/mol. The minimum Gasteiger partial charge on any atom is -0.481 e. The van der Waals surface area contributed by atoms with Crippen molar-refractivity contribution in [2.75, 3.05) is 0 Å². The van der Waals surface area contributed by atoms with Crippen molar-refractivity contribution in [2.24, 2.45) is 5.92 Å². The van der Waals surface area contributed by atoms with Gasteiger partial charge in [-0.15, -0.1) is 0 Å². The first-order chi connectivity index (χ1) is 8.04. The molecule has 1 aromatic rings. The predicted molar refractivity (Wildman–Crippen MR) is 70.3 cm³/mol. The molecule has 94 valence electrons. The third-order valence-electron chi connectivity index (χ3n) is 3.23. The maximum atomic E-state index is 10.8. The molecule has 1 unspecified atom stereocenters. The Hall–Kier alpha value is -1.31. The summed E-state index contributed by atoms with van der Waals surface area (Å²) in [4.78, 5) is 10.8. The molecular formula is C15H22O2. The van der Waals surface area contributed by atoms with Crippen LogP contribution in [0.3, 0.4) is 0 Å². The Morgan fingerprint density at radius 3 is 2.29 bits per heavy atom. The lowest BCUT2D eigenvalue weighted by molar-refractivity contribution is -0.141. The molecule has 0 aliphatic carbocycles. The first-order valence-electron chi connectivity index (χ1n) is 6.36. The maximum Gasteiger partial charge on any atom is 0.306 e. The van der Waals surface area contributed by atoms with E-state index in [4.69, 9.17) is 5.11 Å². The van der Waals surface area contributed by atoms with Crippen molar-refractivity contribution in [3.05, 3.63) is 35.4 Å². The van der Waals surface area contributed by atoms with Crippen molar-refractivity contribution in [1.29, 1.82) is 0 Å². The van der Waals surface area contributed by atoms with Crippen LogP contribution in [0.2, 0.25) is 0 Å². The Kier molecular flexibility index (Phi) is 5.20. The summed E-state index contributed by atoms with van der Waals surface area (Å²) in [5, 5.41) is 8.86. The fraction of sp³-hybridized carbons (Fsp3) is 0.533. The maximum absolute atomic E-state index is 10.8. The molecule has 17 heavy (non-hydrogen) atoms. The minimum atomic E-state index is -0.728. The van der Waals surface area contributed by atoms with Crippen molar-refractivity contribution >= 4 is 5.97 Å². The van der Waals surface area contributed by atoms with Crippen LogP contribution in [0, 0.1) is 5.92 Å². The van der Waals surface area contributed by atoms with Crippen molar-refractivity contribution in [1.82, 2.24) is 0 Å². The second kappa shape index (κ2) is 6.43. The average molecular weight is 234 g/mol. The number of benzene rings is 1. The fourth-order valence-corrected chi connectivity index (χ4v) is 2.02. The second-order valence-corrected chi connectivity index (χ2v) is 4.87. The van der Waals surface area contributed by atoms with Crippen molar-refractivity contribution in [3.8, 4) is 0 Å². The van der Waals surface area contributed by atoms with Gasteiger partial charge in [0.15, 0.2) is 0 Å². The fourth-order valence-electron chi connectivity index (χ4n) is 2.02. The van der Waals surface area contributed by atoms with E-state index >= 15 is 0 Å². The van der Waals surface area contributed by atoms with Gasteiger partial charge in [0, 0.05) is 0 Å². The molecule has 0 heterocycles. The van der Waals surface area contributed by atoms with Gasteiger partial charge in [0.1, 0.15) is 0 Å². The van der Waals surface area contributed by atoms with E-state index in [9.17, 15) is 4.79 Å². The number of carbonyl (C=O) groups is 1. The molecule has 0 saturated heterocycles. The number of carboxylic acids is 1. The first kappa shape index (κ1) is 13.8. The summed E-state index contributed by atoms with van der Waals surface area (Å²) >= 11 is 0. The Bertz CT molecular complexity index is 354. The SMILES string of the molecule is CCCC(C)c1ccc(C[C@H](C)C(=O)O)cc1. The van der Waals surface area contributed by atoms with E-state index < -0.39 is 5.97 Å². The van der Waals surface area contributed by atoms with Gasteiger partial charge in [0.05, 0.1) is 5.92 Å². The number of rotatable bonds is 6. The molecular weight excluding hydrogens is 212 g/mol. The Balaban J connectivity index is 2.64. The summed E-state index contributed by atoms with van der Waals surface area (Å²) in [6.07, 6.45) is 3.00. The van der Waals surface area contributed by atoms with E-state index in [2.05, 4.69) is 38.1 Å². The highest BCUT2D eigenvalue weighted by Crippen LogP contribution is 2.21. The number of hydrogen-bond donors (Lipinski definition) is 1. The van der Waals surface area contributed by atoms with E-state index in [-0.39, 0.29) is 5.92 Å². The number of aliphatic carboxylic acids is 1. The van der Waals surface area contributed by atoms with Crippen LogP contribution in [0.1, 0.15) is 50.7 Å². The summed E-state index contributed by atoms with van der Waals surface area (Å²) in [6.45, 7) is 6.17. The number of carboxylic acid groups (broad SMARTS) is 1.